The van der Waals surface area contributed by atoms with E-state index in [2.05, 4.69) is 25.1 Å². The number of morpholine rings is 1. The molecule has 1 aromatic rings. The molecule has 3 heterocycles. The molecule has 1 saturated carbocycles. The number of carbonyl (C=O) groups is 1. The largest absolute Gasteiger partial charge is 0.374 e. The number of aromatic nitrogens is 1. The second kappa shape index (κ2) is 8.23. The zero-order chi connectivity index (χ0) is 17.9. The molecular formula is C19H30N4O2S. The lowest BCUT2D eigenvalue weighted by Crippen LogP contribution is -2.56. The Morgan fingerprint density at radius 2 is 2.08 bits per heavy atom. The first-order valence-electron chi connectivity index (χ1n) is 10.0. The van der Waals surface area contributed by atoms with E-state index in [4.69, 9.17) is 4.74 Å². The predicted octanol–water partition coefficient (Wildman–Crippen LogP) is 2.13. The van der Waals surface area contributed by atoms with Crippen molar-refractivity contribution in [2.75, 3.05) is 50.8 Å². The number of ether oxygens (including phenoxy) is 1. The molecule has 4 rings (SSSR count). The number of carbonyl (C=O) groups excluding carboxylic acids is 1. The van der Waals surface area contributed by atoms with Gasteiger partial charge in [0, 0.05) is 38.1 Å². The Morgan fingerprint density at radius 3 is 2.92 bits per heavy atom. The van der Waals surface area contributed by atoms with Crippen molar-refractivity contribution in [2.24, 2.45) is 0 Å². The van der Waals surface area contributed by atoms with Crippen LogP contribution >= 0.6 is 11.3 Å². The molecule has 1 amide bonds. The Labute approximate surface area is 160 Å². The minimum absolute atomic E-state index is 0.272. The minimum Gasteiger partial charge on any atom is -0.374 e. The van der Waals surface area contributed by atoms with Gasteiger partial charge < -0.3 is 14.5 Å². The van der Waals surface area contributed by atoms with E-state index in [-0.39, 0.29) is 6.10 Å². The van der Waals surface area contributed by atoms with Crippen molar-refractivity contribution < 1.29 is 9.53 Å². The van der Waals surface area contributed by atoms with Crippen molar-refractivity contribution in [3.05, 3.63) is 11.1 Å². The van der Waals surface area contributed by atoms with E-state index in [1.807, 2.05) is 6.92 Å². The van der Waals surface area contributed by atoms with Gasteiger partial charge in [0.2, 0.25) is 5.91 Å². The Kier molecular flexibility index (Phi) is 5.76. The standard InChI is InChI=1S/C19H30N4O2S/c1-15-14-26-19(20-15)22-8-4-7-21(9-10-22)13-18(24)23-11-12-25-17-6-3-2-5-16(17)23/h14,16-17H,2-13H2,1H3. The van der Waals surface area contributed by atoms with Gasteiger partial charge >= 0.3 is 0 Å². The van der Waals surface area contributed by atoms with Crippen LogP contribution in [0, 0.1) is 6.92 Å². The van der Waals surface area contributed by atoms with Crippen molar-refractivity contribution in [1.82, 2.24) is 14.8 Å². The lowest BCUT2D eigenvalue weighted by molar-refractivity contribution is -0.150. The smallest absolute Gasteiger partial charge is 0.237 e. The van der Waals surface area contributed by atoms with Gasteiger partial charge in [-0.2, -0.15) is 0 Å². The average molecular weight is 379 g/mol. The number of thiazole rings is 1. The Morgan fingerprint density at radius 1 is 1.19 bits per heavy atom. The van der Waals surface area contributed by atoms with Gasteiger partial charge in [-0.25, -0.2) is 4.98 Å². The molecule has 2 saturated heterocycles. The predicted molar refractivity (Wildman–Crippen MR) is 104 cm³/mol. The summed E-state index contributed by atoms with van der Waals surface area (Å²) >= 11 is 1.72. The Bertz CT molecular complexity index is 620. The molecule has 1 aliphatic carbocycles. The Hall–Kier alpha value is -1.18. The third-order valence-corrected chi connectivity index (χ3v) is 6.90. The van der Waals surface area contributed by atoms with E-state index < -0.39 is 0 Å². The zero-order valence-corrected chi connectivity index (χ0v) is 16.5. The molecule has 3 fully saturated rings. The molecule has 0 spiro atoms. The number of hydrogen-bond acceptors (Lipinski definition) is 6. The average Bonchev–Trinajstić information content (AvgIpc) is 2.96. The molecule has 0 aromatic carbocycles. The van der Waals surface area contributed by atoms with Crippen LogP contribution in [0.15, 0.2) is 5.38 Å². The van der Waals surface area contributed by atoms with E-state index in [0.717, 1.165) is 62.8 Å². The monoisotopic (exact) mass is 378 g/mol. The van der Waals surface area contributed by atoms with Crippen LogP contribution < -0.4 is 4.90 Å². The zero-order valence-electron chi connectivity index (χ0n) is 15.7. The molecular weight excluding hydrogens is 348 g/mol. The molecule has 0 radical (unpaired) electrons. The summed E-state index contributed by atoms with van der Waals surface area (Å²) in [5.74, 6) is 0.295. The molecule has 26 heavy (non-hydrogen) atoms. The molecule has 7 heteroatoms. The van der Waals surface area contributed by atoms with Crippen LogP contribution in [0.4, 0.5) is 5.13 Å². The fourth-order valence-electron chi connectivity index (χ4n) is 4.50. The maximum Gasteiger partial charge on any atom is 0.237 e. The normalized spacial score (nSPS) is 27.9. The summed E-state index contributed by atoms with van der Waals surface area (Å²) in [4.78, 5) is 24.4. The summed E-state index contributed by atoms with van der Waals surface area (Å²) in [5, 5.41) is 3.23. The fourth-order valence-corrected chi connectivity index (χ4v) is 5.35. The van der Waals surface area contributed by atoms with Gasteiger partial charge in [-0.15, -0.1) is 11.3 Å². The molecule has 144 valence electrons. The summed E-state index contributed by atoms with van der Waals surface area (Å²) in [7, 11) is 0. The molecule has 3 aliphatic rings. The molecule has 2 aliphatic heterocycles. The summed E-state index contributed by atoms with van der Waals surface area (Å²) < 4.78 is 5.92. The number of anilines is 1. The van der Waals surface area contributed by atoms with Gasteiger partial charge in [0.05, 0.1) is 31.0 Å². The number of hydrogen-bond donors (Lipinski definition) is 0. The summed E-state index contributed by atoms with van der Waals surface area (Å²) in [6, 6.07) is 0.312. The van der Waals surface area contributed by atoms with Crippen molar-refractivity contribution in [2.45, 2.75) is 51.2 Å². The van der Waals surface area contributed by atoms with Crippen molar-refractivity contribution in [1.29, 1.82) is 0 Å². The summed E-state index contributed by atoms with van der Waals surface area (Å²) in [5.41, 5.74) is 1.09. The number of amides is 1. The molecule has 0 N–H and O–H groups in total. The van der Waals surface area contributed by atoms with Crippen molar-refractivity contribution in [3.63, 3.8) is 0 Å². The van der Waals surface area contributed by atoms with Crippen molar-refractivity contribution >= 4 is 22.4 Å². The maximum atomic E-state index is 13.0. The van der Waals surface area contributed by atoms with Crippen LogP contribution in [0.5, 0.6) is 0 Å². The van der Waals surface area contributed by atoms with E-state index in [1.165, 1.54) is 12.8 Å². The van der Waals surface area contributed by atoms with Crippen LogP contribution in [0.3, 0.4) is 0 Å². The van der Waals surface area contributed by atoms with E-state index in [9.17, 15) is 4.79 Å². The molecule has 2 unspecified atom stereocenters. The highest BCUT2D eigenvalue weighted by Crippen LogP contribution is 2.28. The van der Waals surface area contributed by atoms with Crippen LogP contribution in [-0.2, 0) is 9.53 Å². The molecule has 0 bridgehead atoms. The van der Waals surface area contributed by atoms with Crippen LogP contribution in [-0.4, -0.2) is 78.7 Å². The van der Waals surface area contributed by atoms with Gasteiger partial charge in [0.1, 0.15) is 0 Å². The van der Waals surface area contributed by atoms with Gasteiger partial charge in [0.15, 0.2) is 5.13 Å². The topological polar surface area (TPSA) is 48.9 Å². The first-order chi connectivity index (χ1) is 12.7. The summed E-state index contributed by atoms with van der Waals surface area (Å²) in [6.07, 6.45) is 6.03. The third-order valence-electron chi connectivity index (χ3n) is 5.88. The van der Waals surface area contributed by atoms with Gasteiger partial charge in [0.25, 0.3) is 0 Å². The second-order valence-electron chi connectivity index (χ2n) is 7.74. The summed E-state index contributed by atoms with van der Waals surface area (Å²) in [6.45, 7) is 7.96. The van der Waals surface area contributed by atoms with Crippen LogP contribution in [0.2, 0.25) is 0 Å². The Balaban J connectivity index is 1.33. The second-order valence-corrected chi connectivity index (χ2v) is 8.57. The van der Waals surface area contributed by atoms with Gasteiger partial charge in [-0.05, 0) is 26.2 Å². The first-order valence-corrected chi connectivity index (χ1v) is 10.9. The van der Waals surface area contributed by atoms with Crippen LogP contribution in [0.1, 0.15) is 37.8 Å². The first kappa shape index (κ1) is 18.2. The fraction of sp³-hybridized carbons (Fsp3) is 0.789. The van der Waals surface area contributed by atoms with E-state index in [0.29, 0.717) is 25.1 Å². The third kappa shape index (κ3) is 4.05. The van der Waals surface area contributed by atoms with E-state index in [1.54, 1.807) is 11.3 Å². The number of aryl methyl sites for hydroxylation is 1. The lowest BCUT2D eigenvalue weighted by Gasteiger charge is -2.44. The number of nitrogens with zero attached hydrogens (tertiary/aromatic N) is 4. The molecule has 1 aromatic heterocycles. The number of rotatable bonds is 3. The van der Waals surface area contributed by atoms with E-state index >= 15 is 0 Å². The lowest BCUT2D eigenvalue weighted by atomic mass is 9.90. The molecule has 2 atom stereocenters. The quantitative estimate of drug-likeness (QED) is 0.806. The SMILES string of the molecule is Cc1csc(N2CCCN(CC(=O)N3CCOC4CCCCC43)CC2)n1. The maximum absolute atomic E-state index is 13.0. The highest BCUT2D eigenvalue weighted by atomic mass is 32.1. The highest BCUT2D eigenvalue weighted by molar-refractivity contribution is 7.13. The van der Waals surface area contributed by atoms with Gasteiger partial charge in [-0.3, -0.25) is 9.69 Å². The minimum atomic E-state index is 0.272. The highest BCUT2D eigenvalue weighted by Gasteiger charge is 2.37. The van der Waals surface area contributed by atoms with Gasteiger partial charge in [-0.1, -0.05) is 12.8 Å². The van der Waals surface area contributed by atoms with Crippen molar-refractivity contribution in [3.8, 4) is 0 Å². The molecule has 6 nitrogen and oxygen atoms in total. The van der Waals surface area contributed by atoms with Crippen LogP contribution in [0.25, 0.3) is 0 Å². The number of fused-ring (bicyclic) bond motifs is 1.